The van der Waals surface area contributed by atoms with Gasteiger partial charge in [0.1, 0.15) is 48.9 Å². The predicted molar refractivity (Wildman–Crippen MR) is 103 cm³/mol. The van der Waals surface area contributed by atoms with Gasteiger partial charge in [0.15, 0.2) is 0 Å². The van der Waals surface area contributed by atoms with Gasteiger partial charge in [0.05, 0.1) is 0 Å². The minimum Gasteiger partial charge on any atom is -0.399 e. The second-order valence-electron chi connectivity index (χ2n) is 5.95. The summed E-state index contributed by atoms with van der Waals surface area (Å²) in [7, 11) is 1.48. The first-order chi connectivity index (χ1) is 13.0. The smallest absolute Gasteiger partial charge is 0.143 e. The molecule has 2 aromatic rings. The second-order valence-corrected chi connectivity index (χ2v) is 5.95. The van der Waals surface area contributed by atoms with Crippen LogP contribution in [0.15, 0.2) is 56.6 Å². The molecule has 0 bridgehead atoms. The van der Waals surface area contributed by atoms with Crippen molar-refractivity contribution in [1.29, 1.82) is 0 Å². The normalized spacial score (nSPS) is 13.0. The molecule has 0 saturated heterocycles. The highest BCUT2D eigenvalue weighted by molar-refractivity contribution is 6.40. The highest BCUT2D eigenvalue weighted by Gasteiger charge is 2.15. The summed E-state index contributed by atoms with van der Waals surface area (Å²) in [4.78, 5) is 15.7. The van der Waals surface area contributed by atoms with E-state index in [1.54, 1.807) is 6.07 Å². The van der Waals surface area contributed by atoms with E-state index in [0.29, 0.717) is 22.8 Å². The summed E-state index contributed by atoms with van der Waals surface area (Å²) >= 11 is 0. The van der Waals surface area contributed by atoms with Gasteiger partial charge in [0.25, 0.3) is 0 Å². The first-order valence-corrected chi connectivity index (χ1v) is 8.50. The minimum absolute atomic E-state index is 0.00979. The SMILES string of the molecule is CON=C(c1ccon1)c1ccccc1CON=C(C)C(C)=NOC(C)C. The molecule has 144 valence electrons. The Morgan fingerprint density at radius 3 is 2.48 bits per heavy atom. The Kier molecular flexibility index (Phi) is 7.54. The lowest BCUT2D eigenvalue weighted by Gasteiger charge is -2.09. The number of rotatable bonds is 9. The molecule has 1 aromatic heterocycles. The van der Waals surface area contributed by atoms with Gasteiger partial charge >= 0.3 is 0 Å². The van der Waals surface area contributed by atoms with Gasteiger partial charge in [0.2, 0.25) is 0 Å². The fourth-order valence-corrected chi connectivity index (χ4v) is 2.05. The number of hydrogen-bond acceptors (Lipinski definition) is 8. The molecule has 8 heteroatoms. The Labute approximate surface area is 158 Å². The molecule has 8 nitrogen and oxygen atoms in total. The molecule has 27 heavy (non-hydrogen) atoms. The Bertz CT molecular complexity index is 811. The number of nitrogens with zero attached hydrogens (tertiary/aromatic N) is 4. The van der Waals surface area contributed by atoms with E-state index in [-0.39, 0.29) is 12.7 Å². The first-order valence-electron chi connectivity index (χ1n) is 8.50. The van der Waals surface area contributed by atoms with E-state index in [1.165, 1.54) is 13.4 Å². The third-order valence-corrected chi connectivity index (χ3v) is 3.48. The predicted octanol–water partition coefficient (Wildman–Crippen LogP) is 3.77. The Balaban J connectivity index is 2.15. The largest absolute Gasteiger partial charge is 0.399 e. The summed E-state index contributed by atoms with van der Waals surface area (Å²) in [5.74, 6) is 0. The molecule has 1 heterocycles. The molecule has 2 rings (SSSR count). The van der Waals surface area contributed by atoms with Gasteiger partial charge < -0.3 is 19.0 Å². The zero-order valence-electron chi connectivity index (χ0n) is 16.2. The average Bonchev–Trinajstić information content (AvgIpc) is 3.19. The van der Waals surface area contributed by atoms with Crippen LogP contribution < -0.4 is 0 Å². The molecule has 0 spiro atoms. The van der Waals surface area contributed by atoms with Crippen LogP contribution in [0.25, 0.3) is 0 Å². The van der Waals surface area contributed by atoms with E-state index in [2.05, 4.69) is 20.6 Å². The standard InChI is InChI=1S/C19H24N4O4/c1-13(2)27-21-15(4)14(3)20-26-12-16-8-6-7-9-17(16)19(23-24-5)18-10-11-25-22-18/h6-11,13H,12H2,1-5H3. The van der Waals surface area contributed by atoms with Gasteiger partial charge in [-0.25, -0.2) is 0 Å². The third-order valence-electron chi connectivity index (χ3n) is 3.48. The Morgan fingerprint density at radius 2 is 1.81 bits per heavy atom. The number of hydrogen-bond donors (Lipinski definition) is 0. The van der Waals surface area contributed by atoms with Crippen LogP contribution in [0.4, 0.5) is 0 Å². The molecule has 0 amide bonds. The molecule has 0 radical (unpaired) electrons. The van der Waals surface area contributed by atoms with E-state index < -0.39 is 0 Å². The molecule has 0 aliphatic rings. The van der Waals surface area contributed by atoms with Crippen LogP contribution >= 0.6 is 0 Å². The fraction of sp³-hybridized carbons (Fsp3) is 0.368. The third kappa shape index (κ3) is 5.95. The van der Waals surface area contributed by atoms with Gasteiger partial charge in [0, 0.05) is 17.2 Å². The van der Waals surface area contributed by atoms with E-state index in [1.807, 2.05) is 52.0 Å². The van der Waals surface area contributed by atoms with Crippen LogP contribution in [0.1, 0.15) is 44.5 Å². The van der Waals surface area contributed by atoms with Crippen molar-refractivity contribution in [2.24, 2.45) is 15.5 Å². The van der Waals surface area contributed by atoms with Crippen molar-refractivity contribution in [1.82, 2.24) is 5.16 Å². The van der Waals surface area contributed by atoms with Gasteiger partial charge in [-0.15, -0.1) is 0 Å². The van der Waals surface area contributed by atoms with Crippen molar-refractivity contribution in [3.05, 3.63) is 53.4 Å². The molecular formula is C19H24N4O4. The zero-order valence-corrected chi connectivity index (χ0v) is 16.2. The van der Waals surface area contributed by atoms with Crippen molar-refractivity contribution in [2.45, 2.75) is 40.4 Å². The van der Waals surface area contributed by atoms with Gasteiger partial charge in [-0.3, -0.25) is 0 Å². The van der Waals surface area contributed by atoms with Crippen LogP contribution in [-0.2, 0) is 21.1 Å². The van der Waals surface area contributed by atoms with Crippen LogP contribution in [0, 0.1) is 0 Å². The molecule has 0 N–H and O–H groups in total. The summed E-state index contributed by atoms with van der Waals surface area (Å²) in [6, 6.07) is 9.36. The average molecular weight is 372 g/mol. The van der Waals surface area contributed by atoms with Crippen molar-refractivity contribution >= 4 is 17.1 Å². The number of oxime groups is 3. The molecule has 0 saturated carbocycles. The molecule has 0 aliphatic heterocycles. The highest BCUT2D eigenvalue weighted by atomic mass is 16.6. The molecular weight excluding hydrogens is 348 g/mol. The molecule has 0 atom stereocenters. The molecule has 1 aromatic carbocycles. The summed E-state index contributed by atoms with van der Waals surface area (Å²) in [5.41, 5.74) is 4.10. The van der Waals surface area contributed by atoms with Gasteiger partial charge in [-0.1, -0.05) is 44.9 Å². The maximum atomic E-state index is 5.51. The highest BCUT2D eigenvalue weighted by Crippen LogP contribution is 2.16. The van der Waals surface area contributed by atoms with Crippen LogP contribution in [0.5, 0.6) is 0 Å². The monoisotopic (exact) mass is 372 g/mol. The second kappa shape index (κ2) is 10.1. The van der Waals surface area contributed by atoms with Crippen molar-refractivity contribution < 1.29 is 19.0 Å². The van der Waals surface area contributed by atoms with Crippen molar-refractivity contribution in [2.75, 3.05) is 7.11 Å². The molecule has 0 aliphatic carbocycles. The zero-order chi connectivity index (χ0) is 19.6. The van der Waals surface area contributed by atoms with Crippen LogP contribution in [0.2, 0.25) is 0 Å². The number of aromatic nitrogens is 1. The maximum absolute atomic E-state index is 5.51. The van der Waals surface area contributed by atoms with Gasteiger partial charge in [-0.05, 0) is 27.7 Å². The fourth-order valence-electron chi connectivity index (χ4n) is 2.05. The molecule has 0 fully saturated rings. The lowest BCUT2D eigenvalue weighted by Crippen LogP contribution is -2.10. The minimum atomic E-state index is 0.00979. The summed E-state index contributed by atoms with van der Waals surface area (Å²) < 4.78 is 4.92. The quantitative estimate of drug-likeness (QED) is 0.494. The van der Waals surface area contributed by atoms with Crippen LogP contribution in [-0.4, -0.2) is 35.5 Å². The molecule has 0 unspecified atom stereocenters. The van der Waals surface area contributed by atoms with Crippen LogP contribution in [0.3, 0.4) is 0 Å². The lowest BCUT2D eigenvalue weighted by atomic mass is 10.0. The van der Waals surface area contributed by atoms with Crippen molar-refractivity contribution in [3.8, 4) is 0 Å². The Hall–Kier alpha value is -3.16. The van der Waals surface area contributed by atoms with E-state index >= 15 is 0 Å². The Morgan fingerprint density at radius 1 is 1.07 bits per heavy atom. The van der Waals surface area contributed by atoms with Crippen molar-refractivity contribution in [3.63, 3.8) is 0 Å². The first kappa shape index (κ1) is 20.2. The van der Waals surface area contributed by atoms with E-state index in [0.717, 1.165) is 11.1 Å². The van der Waals surface area contributed by atoms with Gasteiger partial charge in [-0.2, -0.15) is 0 Å². The summed E-state index contributed by atoms with van der Waals surface area (Å²) in [6.07, 6.45) is 1.49. The summed E-state index contributed by atoms with van der Waals surface area (Å²) in [6.45, 7) is 7.68. The van der Waals surface area contributed by atoms with E-state index in [4.69, 9.17) is 19.0 Å². The maximum Gasteiger partial charge on any atom is 0.143 e. The van der Waals surface area contributed by atoms with E-state index in [9.17, 15) is 0 Å². The summed E-state index contributed by atoms with van der Waals surface area (Å²) in [5, 5.41) is 16.1. The topological polar surface area (TPSA) is 90.8 Å². The number of benzene rings is 1. The lowest BCUT2D eigenvalue weighted by molar-refractivity contribution is 0.0861.